The zero-order valence-corrected chi connectivity index (χ0v) is 14.9. The van der Waals surface area contributed by atoms with Gasteiger partial charge < -0.3 is 10.5 Å². The fraction of sp³-hybridized carbons (Fsp3) is 0.611. The molecule has 0 spiro atoms. The highest BCUT2D eigenvalue weighted by Crippen LogP contribution is 2.60. The second-order valence-electron chi connectivity index (χ2n) is 8.44. The van der Waals surface area contributed by atoms with E-state index in [9.17, 15) is 8.42 Å². The molecule has 6 rings (SSSR count). The third-order valence-corrected chi connectivity index (χ3v) is 7.35. The molecule has 0 amide bonds. The lowest BCUT2D eigenvalue weighted by molar-refractivity contribution is -0.0745. The lowest BCUT2D eigenvalue weighted by Gasteiger charge is -2.56. The summed E-state index contributed by atoms with van der Waals surface area (Å²) in [5, 5.41) is 0. The number of amidine groups is 1. The third-order valence-electron chi connectivity index (χ3n) is 6.44. The summed E-state index contributed by atoms with van der Waals surface area (Å²) >= 11 is 0. The van der Waals surface area contributed by atoms with Gasteiger partial charge in [0.2, 0.25) is 0 Å². The summed E-state index contributed by atoms with van der Waals surface area (Å²) in [5.41, 5.74) is 7.20. The van der Waals surface area contributed by atoms with Crippen LogP contribution in [0.1, 0.15) is 44.1 Å². The average molecular weight is 361 g/mol. The number of benzene rings is 1. The van der Waals surface area contributed by atoms with Gasteiger partial charge in [0.25, 0.3) is 0 Å². The highest BCUT2D eigenvalue weighted by Gasteiger charge is 2.51. The van der Waals surface area contributed by atoms with E-state index in [4.69, 9.17) is 10.5 Å². The van der Waals surface area contributed by atoms with E-state index in [1.165, 1.54) is 38.5 Å². The molecular formula is C18H23N3O3S. The molecule has 4 bridgehead atoms. The molecule has 5 aliphatic rings. The van der Waals surface area contributed by atoms with Crippen LogP contribution in [-0.2, 0) is 10.2 Å². The Balaban J connectivity index is 1.41. The number of fused-ring (bicyclic) bond motifs is 1. The second-order valence-corrected chi connectivity index (χ2v) is 9.78. The zero-order chi connectivity index (χ0) is 17.2. The summed E-state index contributed by atoms with van der Waals surface area (Å²) < 4.78 is 35.6. The Hall–Kier alpha value is -1.76. The van der Waals surface area contributed by atoms with Crippen molar-refractivity contribution in [2.24, 2.45) is 33.3 Å². The minimum absolute atomic E-state index is 0.00476. The van der Waals surface area contributed by atoms with Gasteiger partial charge in [-0.05, 0) is 68.4 Å². The molecule has 25 heavy (non-hydrogen) atoms. The van der Waals surface area contributed by atoms with Gasteiger partial charge in [0, 0.05) is 5.41 Å². The molecule has 7 heteroatoms. The van der Waals surface area contributed by atoms with Crippen LogP contribution in [0.4, 0.5) is 5.69 Å². The fourth-order valence-electron chi connectivity index (χ4n) is 6.04. The fourth-order valence-corrected chi connectivity index (χ4v) is 6.88. The predicted octanol–water partition coefficient (Wildman–Crippen LogP) is 2.66. The van der Waals surface area contributed by atoms with Gasteiger partial charge in [-0.1, -0.05) is 6.07 Å². The Bertz CT molecular complexity index is 827. The average Bonchev–Trinajstić information content (AvgIpc) is 2.50. The highest BCUT2D eigenvalue weighted by atomic mass is 32.2. The number of nitrogens with one attached hydrogen (secondary N) is 1. The SMILES string of the molecule is NC1=NS(=O)(=O)Nc2cccc(OCC34CC5CC(CC(C5)C3)C4)c21. The van der Waals surface area contributed by atoms with Crippen LogP contribution in [-0.4, -0.2) is 20.9 Å². The Morgan fingerprint density at radius 2 is 1.80 bits per heavy atom. The van der Waals surface area contributed by atoms with Crippen LogP contribution in [0.15, 0.2) is 22.6 Å². The van der Waals surface area contributed by atoms with Crippen molar-refractivity contribution in [3.63, 3.8) is 0 Å². The quantitative estimate of drug-likeness (QED) is 0.865. The summed E-state index contributed by atoms with van der Waals surface area (Å²) in [6.45, 7) is 0.687. The molecule has 3 N–H and O–H groups in total. The molecular weight excluding hydrogens is 338 g/mol. The first-order valence-corrected chi connectivity index (χ1v) is 10.5. The standard InChI is InChI=1S/C18H23N3O3S/c19-17-16-14(20-25(22,23)21-17)2-1-3-15(16)24-10-18-7-11-4-12(8-18)6-13(5-11)9-18/h1-3,11-13,20H,4-10H2,(H2,19,21). The minimum atomic E-state index is -3.76. The van der Waals surface area contributed by atoms with Crippen molar-refractivity contribution in [3.8, 4) is 5.75 Å². The van der Waals surface area contributed by atoms with Crippen LogP contribution in [0.3, 0.4) is 0 Å². The molecule has 0 aromatic heterocycles. The van der Waals surface area contributed by atoms with Crippen molar-refractivity contribution < 1.29 is 13.2 Å². The molecule has 6 nitrogen and oxygen atoms in total. The summed E-state index contributed by atoms with van der Waals surface area (Å²) in [6, 6.07) is 5.32. The molecule has 0 unspecified atom stereocenters. The Morgan fingerprint density at radius 3 is 2.44 bits per heavy atom. The van der Waals surface area contributed by atoms with E-state index >= 15 is 0 Å². The van der Waals surface area contributed by atoms with Crippen LogP contribution < -0.4 is 15.2 Å². The lowest BCUT2D eigenvalue weighted by Crippen LogP contribution is -2.48. The van der Waals surface area contributed by atoms with E-state index in [0.29, 0.717) is 23.6 Å². The molecule has 4 saturated carbocycles. The molecule has 1 aromatic carbocycles. The zero-order valence-electron chi connectivity index (χ0n) is 14.1. The van der Waals surface area contributed by atoms with Crippen molar-refractivity contribution in [1.29, 1.82) is 0 Å². The summed E-state index contributed by atoms with van der Waals surface area (Å²) in [4.78, 5) is 0. The molecule has 0 atom stereocenters. The van der Waals surface area contributed by atoms with Gasteiger partial charge in [-0.25, -0.2) is 0 Å². The number of hydrogen-bond donors (Lipinski definition) is 2. The number of ether oxygens (including phenoxy) is 1. The Labute approximate surface area is 148 Å². The number of hydrogen-bond acceptors (Lipinski definition) is 4. The van der Waals surface area contributed by atoms with Gasteiger partial charge in [-0.2, -0.15) is 8.42 Å². The topological polar surface area (TPSA) is 93.8 Å². The lowest BCUT2D eigenvalue weighted by atomic mass is 9.50. The van der Waals surface area contributed by atoms with Crippen LogP contribution >= 0.6 is 0 Å². The van der Waals surface area contributed by atoms with Crippen molar-refractivity contribution in [2.75, 3.05) is 11.3 Å². The highest BCUT2D eigenvalue weighted by molar-refractivity contribution is 7.91. The van der Waals surface area contributed by atoms with Crippen LogP contribution in [0, 0.1) is 23.2 Å². The number of anilines is 1. The van der Waals surface area contributed by atoms with Gasteiger partial charge in [-0.15, -0.1) is 4.40 Å². The molecule has 1 aromatic rings. The van der Waals surface area contributed by atoms with E-state index in [0.717, 1.165) is 17.8 Å². The van der Waals surface area contributed by atoms with E-state index in [2.05, 4.69) is 9.12 Å². The van der Waals surface area contributed by atoms with E-state index in [1.54, 1.807) is 12.1 Å². The number of nitrogens with two attached hydrogens (primary N) is 1. The van der Waals surface area contributed by atoms with E-state index < -0.39 is 10.2 Å². The molecule has 4 fully saturated rings. The van der Waals surface area contributed by atoms with Crippen LogP contribution in [0.25, 0.3) is 0 Å². The molecule has 134 valence electrons. The predicted molar refractivity (Wildman–Crippen MR) is 95.8 cm³/mol. The first-order chi connectivity index (χ1) is 11.9. The number of rotatable bonds is 3. The number of nitrogens with zero attached hydrogens (tertiary/aromatic N) is 1. The maximum atomic E-state index is 11.7. The van der Waals surface area contributed by atoms with Crippen LogP contribution in [0.2, 0.25) is 0 Å². The largest absolute Gasteiger partial charge is 0.492 e. The Kier molecular flexibility index (Phi) is 3.18. The Morgan fingerprint density at radius 1 is 1.16 bits per heavy atom. The summed E-state index contributed by atoms with van der Waals surface area (Å²) in [5.74, 6) is 3.24. The van der Waals surface area contributed by atoms with E-state index in [1.807, 2.05) is 6.07 Å². The second kappa shape index (κ2) is 5.13. The van der Waals surface area contributed by atoms with Gasteiger partial charge in [0.1, 0.15) is 5.75 Å². The van der Waals surface area contributed by atoms with Crippen molar-refractivity contribution >= 4 is 21.7 Å². The maximum Gasteiger partial charge on any atom is 0.344 e. The molecule has 0 radical (unpaired) electrons. The van der Waals surface area contributed by atoms with Gasteiger partial charge in [0.05, 0.1) is 17.9 Å². The van der Waals surface area contributed by atoms with Crippen molar-refractivity contribution in [2.45, 2.75) is 38.5 Å². The third kappa shape index (κ3) is 2.60. The van der Waals surface area contributed by atoms with Crippen LogP contribution in [0.5, 0.6) is 5.75 Å². The van der Waals surface area contributed by atoms with Crippen molar-refractivity contribution in [1.82, 2.24) is 0 Å². The first kappa shape index (κ1) is 15.5. The first-order valence-electron chi connectivity index (χ1n) is 9.06. The minimum Gasteiger partial charge on any atom is -0.492 e. The summed E-state index contributed by atoms with van der Waals surface area (Å²) in [6.07, 6.45) is 8.02. The van der Waals surface area contributed by atoms with Gasteiger partial charge >= 0.3 is 10.2 Å². The van der Waals surface area contributed by atoms with Crippen molar-refractivity contribution in [3.05, 3.63) is 23.8 Å². The van der Waals surface area contributed by atoms with Gasteiger partial charge in [-0.3, -0.25) is 4.72 Å². The molecule has 4 aliphatic carbocycles. The normalized spacial score (nSPS) is 37.1. The molecule has 0 saturated heterocycles. The summed E-state index contributed by atoms with van der Waals surface area (Å²) in [7, 11) is -3.76. The van der Waals surface area contributed by atoms with Gasteiger partial charge in [0.15, 0.2) is 5.84 Å². The maximum absolute atomic E-state index is 11.7. The monoisotopic (exact) mass is 361 g/mol. The van der Waals surface area contributed by atoms with E-state index in [-0.39, 0.29) is 11.3 Å². The molecule has 1 aliphatic heterocycles. The smallest absolute Gasteiger partial charge is 0.344 e. The molecule has 1 heterocycles.